The third-order valence-electron chi connectivity index (χ3n) is 3.28. The second-order valence-electron chi connectivity index (χ2n) is 4.58. The Labute approximate surface area is 125 Å². The van der Waals surface area contributed by atoms with Gasteiger partial charge in [-0.15, -0.1) is 0 Å². The maximum Gasteiger partial charge on any atom is 0.134 e. The van der Waals surface area contributed by atoms with E-state index < -0.39 is 0 Å². The maximum absolute atomic E-state index is 6.26. The predicted octanol–water partition coefficient (Wildman–Crippen LogP) is 4.25. The van der Waals surface area contributed by atoms with Gasteiger partial charge in [0.05, 0.1) is 13.2 Å². The molecule has 3 aromatic rings. The average Bonchev–Trinajstić information content (AvgIpc) is 2.89. The Morgan fingerprint density at radius 3 is 2.55 bits per heavy atom. The molecule has 3 nitrogen and oxygen atoms in total. The van der Waals surface area contributed by atoms with Crippen molar-refractivity contribution in [3.63, 3.8) is 0 Å². The second-order valence-corrected chi connectivity index (χ2v) is 5.50. The smallest absolute Gasteiger partial charge is 0.134 e. The van der Waals surface area contributed by atoms with Crippen LogP contribution in [0.1, 0.15) is 17.4 Å². The number of furan rings is 1. The predicted molar refractivity (Wildman–Crippen MR) is 82.9 cm³/mol. The van der Waals surface area contributed by atoms with Gasteiger partial charge in [-0.1, -0.05) is 28.1 Å². The topological polar surface area (TPSA) is 48.4 Å². The monoisotopic (exact) mass is 331 g/mol. The Kier molecular flexibility index (Phi) is 3.51. The van der Waals surface area contributed by atoms with Crippen LogP contribution in [0.5, 0.6) is 5.75 Å². The second kappa shape index (κ2) is 5.31. The standard InChI is InChI=1S/C16H14BrNO2/c1-19-13-5-2-10(3-6-13)16(18)15-9-11-8-12(17)4-7-14(11)20-15/h2-9,16H,18H2,1H3. The highest BCUT2D eigenvalue weighted by molar-refractivity contribution is 9.10. The molecule has 4 heteroatoms. The fraction of sp³-hybridized carbons (Fsp3) is 0.125. The van der Waals surface area contributed by atoms with Crippen LogP contribution in [0.4, 0.5) is 0 Å². The molecule has 1 heterocycles. The van der Waals surface area contributed by atoms with Gasteiger partial charge in [0.2, 0.25) is 0 Å². The zero-order valence-electron chi connectivity index (χ0n) is 11.0. The molecule has 1 atom stereocenters. The SMILES string of the molecule is COc1ccc(C(N)c2cc3cc(Br)ccc3o2)cc1. The third kappa shape index (κ3) is 2.44. The van der Waals surface area contributed by atoms with Crippen molar-refractivity contribution in [2.75, 3.05) is 7.11 Å². The molecule has 0 radical (unpaired) electrons. The highest BCUT2D eigenvalue weighted by atomic mass is 79.9. The fourth-order valence-electron chi connectivity index (χ4n) is 2.16. The highest BCUT2D eigenvalue weighted by Gasteiger charge is 2.14. The molecule has 0 saturated heterocycles. The molecule has 0 amide bonds. The van der Waals surface area contributed by atoms with E-state index in [1.165, 1.54) is 0 Å². The summed E-state index contributed by atoms with van der Waals surface area (Å²) in [6.45, 7) is 0. The Morgan fingerprint density at radius 2 is 1.85 bits per heavy atom. The summed E-state index contributed by atoms with van der Waals surface area (Å²) in [7, 11) is 1.64. The minimum Gasteiger partial charge on any atom is -0.497 e. The van der Waals surface area contributed by atoms with E-state index in [1.54, 1.807) is 7.11 Å². The van der Waals surface area contributed by atoms with Gasteiger partial charge in [-0.3, -0.25) is 0 Å². The van der Waals surface area contributed by atoms with Crippen LogP contribution in [0, 0.1) is 0 Å². The molecule has 2 aromatic carbocycles. The number of fused-ring (bicyclic) bond motifs is 1. The van der Waals surface area contributed by atoms with Crippen molar-refractivity contribution < 1.29 is 9.15 Å². The van der Waals surface area contributed by atoms with Gasteiger partial charge in [0.1, 0.15) is 17.1 Å². The van der Waals surface area contributed by atoms with E-state index in [0.717, 1.165) is 32.5 Å². The molecule has 0 bridgehead atoms. The van der Waals surface area contributed by atoms with Crippen molar-refractivity contribution in [3.05, 3.63) is 64.3 Å². The molecule has 102 valence electrons. The summed E-state index contributed by atoms with van der Waals surface area (Å²) < 4.78 is 12.0. The summed E-state index contributed by atoms with van der Waals surface area (Å²) in [5.74, 6) is 1.57. The molecule has 1 unspecified atom stereocenters. The summed E-state index contributed by atoms with van der Waals surface area (Å²) in [6, 6.07) is 15.3. The number of methoxy groups -OCH3 is 1. The number of hydrogen-bond acceptors (Lipinski definition) is 3. The van der Waals surface area contributed by atoms with Crippen molar-refractivity contribution >= 4 is 26.9 Å². The first-order valence-corrected chi connectivity index (χ1v) is 7.05. The lowest BCUT2D eigenvalue weighted by atomic mass is 10.1. The lowest BCUT2D eigenvalue weighted by Crippen LogP contribution is -2.10. The number of benzene rings is 2. The molecular weight excluding hydrogens is 318 g/mol. The summed E-state index contributed by atoms with van der Waals surface area (Å²) >= 11 is 3.45. The van der Waals surface area contributed by atoms with Gasteiger partial charge < -0.3 is 14.9 Å². The average molecular weight is 332 g/mol. The van der Waals surface area contributed by atoms with E-state index in [9.17, 15) is 0 Å². The summed E-state index contributed by atoms with van der Waals surface area (Å²) in [5.41, 5.74) is 8.09. The molecular formula is C16H14BrNO2. The minimum absolute atomic E-state index is 0.285. The molecule has 0 spiro atoms. The van der Waals surface area contributed by atoms with Crippen molar-refractivity contribution in [2.45, 2.75) is 6.04 Å². The molecule has 0 saturated carbocycles. The normalized spacial score (nSPS) is 12.6. The first kappa shape index (κ1) is 13.2. The lowest BCUT2D eigenvalue weighted by molar-refractivity contribution is 0.414. The van der Waals surface area contributed by atoms with Gasteiger partial charge in [-0.25, -0.2) is 0 Å². The third-order valence-corrected chi connectivity index (χ3v) is 3.77. The summed E-state index contributed by atoms with van der Waals surface area (Å²) in [4.78, 5) is 0. The van der Waals surface area contributed by atoms with Gasteiger partial charge in [0.15, 0.2) is 0 Å². The number of halogens is 1. The van der Waals surface area contributed by atoms with Crippen LogP contribution in [0.25, 0.3) is 11.0 Å². The van der Waals surface area contributed by atoms with Crippen LogP contribution in [-0.2, 0) is 0 Å². The van der Waals surface area contributed by atoms with Crippen molar-refractivity contribution in [1.29, 1.82) is 0 Å². The van der Waals surface area contributed by atoms with E-state index in [0.29, 0.717) is 0 Å². The number of rotatable bonds is 3. The number of ether oxygens (including phenoxy) is 1. The molecule has 1 aromatic heterocycles. The highest BCUT2D eigenvalue weighted by Crippen LogP contribution is 2.29. The fourth-order valence-corrected chi connectivity index (χ4v) is 2.54. The Hall–Kier alpha value is -1.78. The molecule has 0 aliphatic heterocycles. The first-order chi connectivity index (χ1) is 9.67. The molecule has 0 aliphatic rings. The zero-order valence-corrected chi connectivity index (χ0v) is 12.6. The first-order valence-electron chi connectivity index (χ1n) is 6.26. The summed E-state index contributed by atoms with van der Waals surface area (Å²) in [6.07, 6.45) is 0. The minimum atomic E-state index is -0.285. The zero-order chi connectivity index (χ0) is 14.1. The van der Waals surface area contributed by atoms with Gasteiger partial charge in [0.25, 0.3) is 0 Å². The van der Waals surface area contributed by atoms with E-state index in [2.05, 4.69) is 15.9 Å². The summed E-state index contributed by atoms with van der Waals surface area (Å²) in [5, 5.41) is 1.04. The van der Waals surface area contributed by atoms with E-state index in [4.69, 9.17) is 14.9 Å². The molecule has 0 fully saturated rings. The lowest BCUT2D eigenvalue weighted by Gasteiger charge is -2.09. The van der Waals surface area contributed by atoms with Crippen molar-refractivity contribution in [2.24, 2.45) is 5.73 Å². The Bertz CT molecular complexity index is 734. The Morgan fingerprint density at radius 1 is 1.10 bits per heavy atom. The maximum atomic E-state index is 6.26. The number of hydrogen-bond donors (Lipinski definition) is 1. The van der Waals surface area contributed by atoms with Gasteiger partial charge >= 0.3 is 0 Å². The van der Waals surface area contributed by atoms with Crippen molar-refractivity contribution in [3.8, 4) is 5.75 Å². The molecule has 2 N–H and O–H groups in total. The molecule has 3 rings (SSSR count). The number of nitrogens with two attached hydrogens (primary N) is 1. The van der Waals surface area contributed by atoms with Crippen LogP contribution in [0.15, 0.2) is 57.4 Å². The van der Waals surface area contributed by atoms with Crippen LogP contribution in [-0.4, -0.2) is 7.11 Å². The molecule has 0 aliphatic carbocycles. The van der Waals surface area contributed by atoms with E-state index in [1.807, 2.05) is 48.5 Å². The van der Waals surface area contributed by atoms with Gasteiger partial charge in [0, 0.05) is 9.86 Å². The van der Waals surface area contributed by atoms with Crippen LogP contribution in [0.3, 0.4) is 0 Å². The van der Waals surface area contributed by atoms with Crippen LogP contribution < -0.4 is 10.5 Å². The van der Waals surface area contributed by atoms with E-state index >= 15 is 0 Å². The van der Waals surface area contributed by atoms with Gasteiger partial charge in [-0.05, 0) is 42.0 Å². The van der Waals surface area contributed by atoms with Gasteiger partial charge in [-0.2, -0.15) is 0 Å². The van der Waals surface area contributed by atoms with E-state index in [-0.39, 0.29) is 6.04 Å². The largest absolute Gasteiger partial charge is 0.497 e. The van der Waals surface area contributed by atoms with Crippen LogP contribution in [0.2, 0.25) is 0 Å². The van der Waals surface area contributed by atoms with Crippen LogP contribution >= 0.6 is 15.9 Å². The Balaban J connectivity index is 1.96. The van der Waals surface area contributed by atoms with Crippen molar-refractivity contribution in [1.82, 2.24) is 0 Å². The molecule has 20 heavy (non-hydrogen) atoms. The quantitative estimate of drug-likeness (QED) is 0.780.